The lowest BCUT2D eigenvalue weighted by atomic mass is 10.0. The molecule has 2 aromatic rings. The summed E-state index contributed by atoms with van der Waals surface area (Å²) in [7, 11) is 0. The molecule has 0 spiro atoms. The molecule has 5 heteroatoms. The van der Waals surface area contributed by atoms with Crippen LogP contribution in [0, 0.1) is 5.82 Å². The SMILES string of the molecule is CCCNC(Cc1ccc(Br)cn1)c1cc(F)cc(Br)c1. The first-order chi connectivity index (χ1) is 10.1. The molecule has 0 saturated heterocycles. The Morgan fingerprint density at radius 2 is 2.00 bits per heavy atom. The Bertz CT molecular complexity index is 567. The monoisotopic (exact) mass is 414 g/mol. The number of nitrogens with one attached hydrogen (secondary N) is 1. The average molecular weight is 416 g/mol. The van der Waals surface area contributed by atoms with Crippen molar-refractivity contribution in [2.24, 2.45) is 0 Å². The maximum atomic E-state index is 13.6. The van der Waals surface area contributed by atoms with Crippen molar-refractivity contribution in [2.45, 2.75) is 25.8 Å². The van der Waals surface area contributed by atoms with Crippen LogP contribution in [0.2, 0.25) is 0 Å². The van der Waals surface area contributed by atoms with E-state index in [1.807, 2.05) is 18.2 Å². The largest absolute Gasteiger partial charge is 0.310 e. The lowest BCUT2D eigenvalue weighted by molar-refractivity contribution is 0.519. The third-order valence-electron chi connectivity index (χ3n) is 3.13. The number of hydrogen-bond donors (Lipinski definition) is 1. The maximum Gasteiger partial charge on any atom is 0.124 e. The van der Waals surface area contributed by atoms with E-state index in [4.69, 9.17) is 0 Å². The van der Waals surface area contributed by atoms with Crippen LogP contribution in [0.3, 0.4) is 0 Å². The zero-order chi connectivity index (χ0) is 15.2. The number of hydrogen-bond acceptors (Lipinski definition) is 2. The van der Waals surface area contributed by atoms with E-state index in [0.29, 0.717) is 0 Å². The highest BCUT2D eigenvalue weighted by molar-refractivity contribution is 9.10. The van der Waals surface area contributed by atoms with E-state index in [1.165, 1.54) is 6.07 Å². The van der Waals surface area contributed by atoms with Gasteiger partial charge >= 0.3 is 0 Å². The lowest BCUT2D eigenvalue weighted by Crippen LogP contribution is -2.24. The second-order valence-electron chi connectivity index (χ2n) is 4.88. The molecule has 0 aliphatic rings. The molecule has 0 aliphatic heterocycles. The van der Waals surface area contributed by atoms with Gasteiger partial charge in [0.15, 0.2) is 0 Å². The first kappa shape index (κ1) is 16.6. The highest BCUT2D eigenvalue weighted by Crippen LogP contribution is 2.23. The third kappa shape index (κ3) is 5.16. The molecule has 1 unspecified atom stereocenters. The van der Waals surface area contributed by atoms with Gasteiger partial charge in [-0.1, -0.05) is 22.9 Å². The number of aromatic nitrogens is 1. The van der Waals surface area contributed by atoms with E-state index in [1.54, 1.807) is 12.3 Å². The Hall–Kier alpha value is -0.780. The van der Waals surface area contributed by atoms with E-state index in [9.17, 15) is 4.39 Å². The van der Waals surface area contributed by atoms with Crippen molar-refractivity contribution in [3.05, 3.63) is 62.5 Å². The van der Waals surface area contributed by atoms with Crippen LogP contribution < -0.4 is 5.32 Å². The van der Waals surface area contributed by atoms with Crippen LogP contribution in [0.25, 0.3) is 0 Å². The van der Waals surface area contributed by atoms with Gasteiger partial charge in [-0.25, -0.2) is 4.39 Å². The molecule has 1 N–H and O–H groups in total. The van der Waals surface area contributed by atoms with Crippen LogP contribution in [0.15, 0.2) is 45.5 Å². The lowest BCUT2D eigenvalue weighted by Gasteiger charge is -2.19. The van der Waals surface area contributed by atoms with E-state index in [-0.39, 0.29) is 11.9 Å². The van der Waals surface area contributed by atoms with Gasteiger partial charge in [-0.2, -0.15) is 0 Å². The third-order valence-corrected chi connectivity index (χ3v) is 4.06. The van der Waals surface area contributed by atoms with E-state index < -0.39 is 0 Å². The molecule has 1 aromatic heterocycles. The predicted octanol–water partition coefficient (Wildman–Crippen LogP) is 5.03. The molecule has 0 radical (unpaired) electrons. The summed E-state index contributed by atoms with van der Waals surface area (Å²) in [6, 6.07) is 9.01. The van der Waals surface area contributed by atoms with Gasteiger partial charge in [-0.05, 0) is 64.8 Å². The molecule has 112 valence electrons. The van der Waals surface area contributed by atoms with Gasteiger partial charge in [-0.3, -0.25) is 4.98 Å². The zero-order valence-electron chi connectivity index (χ0n) is 11.7. The van der Waals surface area contributed by atoms with Crippen molar-refractivity contribution in [2.75, 3.05) is 6.54 Å². The van der Waals surface area contributed by atoms with Crippen LogP contribution in [0.5, 0.6) is 0 Å². The first-order valence-electron chi connectivity index (χ1n) is 6.88. The highest BCUT2D eigenvalue weighted by atomic mass is 79.9. The number of benzene rings is 1. The van der Waals surface area contributed by atoms with Crippen molar-refractivity contribution in [1.29, 1.82) is 0 Å². The topological polar surface area (TPSA) is 24.9 Å². The van der Waals surface area contributed by atoms with Crippen molar-refractivity contribution >= 4 is 31.9 Å². The fourth-order valence-electron chi connectivity index (χ4n) is 2.14. The Morgan fingerprint density at radius 3 is 2.62 bits per heavy atom. The van der Waals surface area contributed by atoms with Gasteiger partial charge in [-0.15, -0.1) is 0 Å². The molecule has 0 bridgehead atoms. The van der Waals surface area contributed by atoms with Gasteiger partial charge in [0.2, 0.25) is 0 Å². The molecule has 1 heterocycles. The quantitative estimate of drug-likeness (QED) is 0.715. The molecule has 0 saturated carbocycles. The summed E-state index contributed by atoms with van der Waals surface area (Å²) in [5.41, 5.74) is 1.91. The summed E-state index contributed by atoms with van der Waals surface area (Å²) in [6.07, 6.45) is 3.54. The van der Waals surface area contributed by atoms with Crippen molar-refractivity contribution < 1.29 is 4.39 Å². The Morgan fingerprint density at radius 1 is 1.19 bits per heavy atom. The molecule has 0 fully saturated rings. The zero-order valence-corrected chi connectivity index (χ0v) is 14.9. The van der Waals surface area contributed by atoms with Gasteiger partial charge in [0.1, 0.15) is 5.82 Å². The highest BCUT2D eigenvalue weighted by Gasteiger charge is 2.14. The molecule has 1 atom stereocenters. The van der Waals surface area contributed by atoms with Crippen LogP contribution in [-0.4, -0.2) is 11.5 Å². The van der Waals surface area contributed by atoms with Crippen molar-refractivity contribution in [3.63, 3.8) is 0 Å². The van der Waals surface area contributed by atoms with Crippen LogP contribution in [0.1, 0.15) is 30.6 Å². The minimum absolute atomic E-state index is 0.0469. The maximum absolute atomic E-state index is 13.6. The number of halogens is 3. The van der Waals surface area contributed by atoms with E-state index in [2.05, 4.69) is 49.1 Å². The van der Waals surface area contributed by atoms with Crippen molar-refractivity contribution in [1.82, 2.24) is 10.3 Å². The summed E-state index contributed by atoms with van der Waals surface area (Å²) in [6.45, 7) is 3.00. The van der Waals surface area contributed by atoms with Crippen LogP contribution in [0.4, 0.5) is 4.39 Å². The number of rotatable bonds is 6. The van der Waals surface area contributed by atoms with E-state index >= 15 is 0 Å². The number of nitrogens with zero attached hydrogens (tertiary/aromatic N) is 1. The van der Waals surface area contributed by atoms with Gasteiger partial charge in [0.05, 0.1) is 0 Å². The van der Waals surface area contributed by atoms with Gasteiger partial charge in [0.25, 0.3) is 0 Å². The van der Waals surface area contributed by atoms with Crippen LogP contribution in [-0.2, 0) is 6.42 Å². The second kappa shape index (κ2) is 8.01. The summed E-state index contributed by atoms with van der Waals surface area (Å²) in [5.74, 6) is -0.230. The summed E-state index contributed by atoms with van der Waals surface area (Å²) in [4.78, 5) is 4.40. The smallest absolute Gasteiger partial charge is 0.124 e. The molecule has 2 rings (SSSR count). The normalized spacial score (nSPS) is 12.4. The molecule has 2 nitrogen and oxygen atoms in total. The Kier molecular flexibility index (Phi) is 6.33. The van der Waals surface area contributed by atoms with Gasteiger partial charge < -0.3 is 5.32 Å². The average Bonchev–Trinajstić information content (AvgIpc) is 2.44. The molecule has 0 aliphatic carbocycles. The van der Waals surface area contributed by atoms with Crippen molar-refractivity contribution in [3.8, 4) is 0 Å². The fraction of sp³-hybridized carbons (Fsp3) is 0.312. The molecule has 0 amide bonds. The van der Waals surface area contributed by atoms with Crippen LogP contribution >= 0.6 is 31.9 Å². The fourth-order valence-corrected chi connectivity index (χ4v) is 2.86. The second-order valence-corrected chi connectivity index (χ2v) is 6.71. The van der Waals surface area contributed by atoms with Gasteiger partial charge in [0, 0.05) is 33.3 Å². The summed E-state index contributed by atoms with van der Waals surface area (Å²) in [5, 5.41) is 3.46. The minimum atomic E-state index is -0.230. The Labute approximate surface area is 141 Å². The summed E-state index contributed by atoms with van der Waals surface area (Å²) >= 11 is 6.74. The first-order valence-corrected chi connectivity index (χ1v) is 8.47. The van der Waals surface area contributed by atoms with E-state index in [0.717, 1.165) is 39.6 Å². The summed E-state index contributed by atoms with van der Waals surface area (Å²) < 4.78 is 15.3. The standard InChI is InChI=1S/C16H17Br2FN2/c1-2-5-20-16(9-15-4-3-12(17)10-21-15)11-6-13(18)8-14(19)7-11/h3-4,6-8,10,16,20H,2,5,9H2,1H3. The molecule has 21 heavy (non-hydrogen) atoms. The molecular formula is C16H17Br2FN2. The minimum Gasteiger partial charge on any atom is -0.310 e. The number of pyridine rings is 1. The Balaban J connectivity index is 2.22. The predicted molar refractivity (Wildman–Crippen MR) is 90.8 cm³/mol. The molecule has 1 aromatic carbocycles. The molecular weight excluding hydrogens is 399 g/mol.